The molecule has 9 nitrogen and oxygen atoms in total. The van der Waals surface area contributed by atoms with Gasteiger partial charge in [0.15, 0.2) is 11.7 Å². The van der Waals surface area contributed by atoms with Crippen molar-refractivity contribution in [2.45, 2.75) is 17.8 Å². The molecule has 1 N–H and O–H groups in total. The SMILES string of the molecule is Cn1nc(O[C@H]2c3cc([N+](=O)[O-])ccc3OC(CF)(CF)[C@@H]2O)ccc1=O. The number of non-ortho nitro benzene ring substituents is 1. The summed E-state index contributed by atoms with van der Waals surface area (Å²) in [6.07, 6.45) is -3.24. The number of rotatable bonds is 5. The predicted molar refractivity (Wildman–Crippen MR) is 87.3 cm³/mol. The Labute approximate surface area is 150 Å². The Balaban J connectivity index is 2.10. The van der Waals surface area contributed by atoms with Gasteiger partial charge >= 0.3 is 0 Å². The standard InChI is InChI=1S/C16H15F2N3O6/c1-20-13(22)5-4-12(19-20)26-14-10-6-9(21(24)25)2-3-11(10)27-16(7-17,8-18)15(14)23/h2-6,14-15,23H,7-8H2,1H3/t14-,15+/m0/s1. The molecule has 0 radical (unpaired) electrons. The van der Waals surface area contributed by atoms with Gasteiger partial charge in [-0.2, -0.15) is 0 Å². The zero-order valence-corrected chi connectivity index (χ0v) is 14.0. The van der Waals surface area contributed by atoms with Crippen LogP contribution in [0.3, 0.4) is 0 Å². The third-order valence-corrected chi connectivity index (χ3v) is 4.29. The highest BCUT2D eigenvalue weighted by Gasteiger charge is 2.52. The first-order valence-corrected chi connectivity index (χ1v) is 7.79. The smallest absolute Gasteiger partial charge is 0.270 e. The van der Waals surface area contributed by atoms with Gasteiger partial charge in [-0.1, -0.05) is 0 Å². The van der Waals surface area contributed by atoms with Crippen LogP contribution in [-0.4, -0.2) is 44.9 Å². The fourth-order valence-corrected chi connectivity index (χ4v) is 2.74. The molecule has 1 aromatic carbocycles. The van der Waals surface area contributed by atoms with Gasteiger partial charge in [0.05, 0.1) is 4.92 Å². The Hall–Kier alpha value is -3.08. The van der Waals surface area contributed by atoms with E-state index in [2.05, 4.69) is 5.10 Å². The van der Waals surface area contributed by atoms with Gasteiger partial charge in [0.2, 0.25) is 5.88 Å². The Morgan fingerprint density at radius 3 is 2.67 bits per heavy atom. The number of aromatic nitrogens is 2. The van der Waals surface area contributed by atoms with Gasteiger partial charge in [-0.25, -0.2) is 13.5 Å². The number of nitrogens with zero attached hydrogens (tertiary/aromatic N) is 3. The number of halogens is 2. The highest BCUT2D eigenvalue weighted by Crippen LogP contribution is 2.43. The minimum atomic E-state index is -2.23. The van der Waals surface area contributed by atoms with Crippen molar-refractivity contribution >= 4 is 5.69 Å². The predicted octanol–water partition coefficient (Wildman–Crippen LogP) is 1.24. The molecule has 0 amide bonds. The molecule has 1 aliphatic heterocycles. The number of nitro benzene ring substituents is 1. The number of aliphatic hydroxyl groups is 1. The van der Waals surface area contributed by atoms with Crippen LogP contribution in [0.25, 0.3) is 0 Å². The second kappa shape index (κ2) is 6.91. The van der Waals surface area contributed by atoms with Gasteiger partial charge in [0.25, 0.3) is 11.2 Å². The molecule has 2 heterocycles. The van der Waals surface area contributed by atoms with Crippen LogP contribution in [0.5, 0.6) is 11.6 Å². The summed E-state index contributed by atoms with van der Waals surface area (Å²) in [4.78, 5) is 21.8. The summed E-state index contributed by atoms with van der Waals surface area (Å²) in [5, 5.41) is 25.4. The third kappa shape index (κ3) is 3.21. The Bertz CT molecular complexity index is 931. The second-order valence-corrected chi connectivity index (χ2v) is 6.03. The van der Waals surface area contributed by atoms with Crippen molar-refractivity contribution in [1.29, 1.82) is 0 Å². The second-order valence-electron chi connectivity index (χ2n) is 6.03. The van der Waals surface area contributed by atoms with E-state index in [9.17, 15) is 28.8 Å². The highest BCUT2D eigenvalue weighted by molar-refractivity contribution is 5.48. The molecular formula is C16H15F2N3O6. The molecule has 1 aliphatic rings. The van der Waals surface area contributed by atoms with Crippen molar-refractivity contribution in [3.05, 3.63) is 56.4 Å². The van der Waals surface area contributed by atoms with Crippen LogP contribution in [0.1, 0.15) is 11.7 Å². The fourth-order valence-electron chi connectivity index (χ4n) is 2.74. The average Bonchev–Trinajstić information content (AvgIpc) is 2.66. The van der Waals surface area contributed by atoms with Crippen molar-refractivity contribution in [1.82, 2.24) is 9.78 Å². The zero-order chi connectivity index (χ0) is 19.8. The monoisotopic (exact) mass is 383 g/mol. The van der Waals surface area contributed by atoms with Gasteiger partial charge < -0.3 is 14.6 Å². The van der Waals surface area contributed by atoms with Crippen molar-refractivity contribution in [2.24, 2.45) is 7.05 Å². The molecule has 0 saturated heterocycles. The molecule has 144 valence electrons. The lowest BCUT2D eigenvalue weighted by Crippen LogP contribution is -2.57. The third-order valence-electron chi connectivity index (χ3n) is 4.29. The Morgan fingerprint density at radius 1 is 1.37 bits per heavy atom. The van der Waals surface area contributed by atoms with Crippen LogP contribution in [0.15, 0.2) is 35.1 Å². The Morgan fingerprint density at radius 2 is 2.07 bits per heavy atom. The van der Waals surface area contributed by atoms with E-state index in [1.54, 1.807) is 0 Å². The van der Waals surface area contributed by atoms with Crippen LogP contribution < -0.4 is 15.0 Å². The van der Waals surface area contributed by atoms with Gasteiger partial charge in [0, 0.05) is 36.9 Å². The molecular weight excluding hydrogens is 368 g/mol. The summed E-state index contributed by atoms with van der Waals surface area (Å²) in [5.41, 5.74) is -2.94. The van der Waals surface area contributed by atoms with Crippen LogP contribution in [0.4, 0.5) is 14.5 Å². The molecule has 0 saturated carbocycles. The fraction of sp³-hybridized carbons (Fsp3) is 0.375. The number of hydrogen-bond acceptors (Lipinski definition) is 7. The maximum atomic E-state index is 13.6. The molecule has 2 atom stereocenters. The highest BCUT2D eigenvalue weighted by atomic mass is 19.1. The normalized spacial score (nSPS) is 20.4. The van der Waals surface area contributed by atoms with Crippen LogP contribution in [-0.2, 0) is 7.05 Å². The van der Waals surface area contributed by atoms with Gasteiger partial charge in [-0.3, -0.25) is 14.9 Å². The van der Waals surface area contributed by atoms with Gasteiger partial charge in [-0.15, -0.1) is 5.10 Å². The van der Waals surface area contributed by atoms with E-state index in [0.717, 1.165) is 22.9 Å². The lowest BCUT2D eigenvalue weighted by atomic mass is 9.87. The summed E-state index contributed by atoms with van der Waals surface area (Å²) in [6.45, 7) is -2.72. The maximum Gasteiger partial charge on any atom is 0.270 e. The summed E-state index contributed by atoms with van der Waals surface area (Å²) in [7, 11) is 1.36. The molecule has 0 aliphatic carbocycles. The number of aryl methyl sites for hydroxylation is 1. The van der Waals surface area contributed by atoms with Crippen LogP contribution in [0, 0.1) is 10.1 Å². The van der Waals surface area contributed by atoms with Crippen LogP contribution >= 0.6 is 0 Å². The van der Waals surface area contributed by atoms with Gasteiger partial charge in [0.1, 0.15) is 25.2 Å². The molecule has 1 aromatic heterocycles. The Kier molecular flexibility index (Phi) is 4.79. The molecule has 3 rings (SSSR count). The average molecular weight is 383 g/mol. The quantitative estimate of drug-likeness (QED) is 0.610. The number of nitro groups is 1. The van der Waals surface area contributed by atoms with E-state index in [1.165, 1.54) is 19.2 Å². The van der Waals surface area contributed by atoms with E-state index < -0.39 is 41.6 Å². The number of alkyl halides is 2. The molecule has 11 heteroatoms. The largest absolute Gasteiger partial charge is 0.478 e. The molecule has 0 bridgehead atoms. The molecule has 27 heavy (non-hydrogen) atoms. The van der Waals surface area contributed by atoms with E-state index in [0.29, 0.717) is 0 Å². The number of hydrogen-bond donors (Lipinski definition) is 1. The lowest BCUT2D eigenvalue weighted by Gasteiger charge is -2.42. The van der Waals surface area contributed by atoms with Crippen molar-refractivity contribution < 1.29 is 28.3 Å². The zero-order valence-electron chi connectivity index (χ0n) is 14.0. The molecule has 2 aromatic rings. The first-order valence-electron chi connectivity index (χ1n) is 7.79. The molecule has 0 spiro atoms. The van der Waals surface area contributed by atoms with Crippen molar-refractivity contribution in [2.75, 3.05) is 13.3 Å². The van der Waals surface area contributed by atoms with E-state index in [1.807, 2.05) is 0 Å². The van der Waals surface area contributed by atoms with E-state index in [-0.39, 0.29) is 22.9 Å². The minimum Gasteiger partial charge on any atom is -0.478 e. The maximum absolute atomic E-state index is 13.6. The summed E-state index contributed by atoms with van der Waals surface area (Å²) in [6, 6.07) is 5.75. The number of aliphatic hydroxyl groups excluding tert-OH is 1. The van der Waals surface area contributed by atoms with Crippen molar-refractivity contribution in [3.63, 3.8) is 0 Å². The number of ether oxygens (including phenoxy) is 2. The minimum absolute atomic E-state index is 0.0323. The number of fused-ring (bicyclic) bond motifs is 1. The molecule has 0 unspecified atom stereocenters. The van der Waals surface area contributed by atoms with E-state index in [4.69, 9.17) is 9.47 Å². The summed E-state index contributed by atoms with van der Waals surface area (Å²) >= 11 is 0. The molecule has 0 fully saturated rings. The lowest BCUT2D eigenvalue weighted by molar-refractivity contribution is -0.385. The van der Waals surface area contributed by atoms with Crippen molar-refractivity contribution in [3.8, 4) is 11.6 Å². The van der Waals surface area contributed by atoms with Gasteiger partial charge in [-0.05, 0) is 6.07 Å². The van der Waals surface area contributed by atoms with E-state index >= 15 is 0 Å². The number of benzene rings is 1. The first kappa shape index (κ1) is 18.7. The first-order chi connectivity index (χ1) is 12.8. The summed E-state index contributed by atoms with van der Waals surface area (Å²) in [5.74, 6) is -0.178. The summed E-state index contributed by atoms with van der Waals surface area (Å²) < 4.78 is 39.0. The topological polar surface area (TPSA) is 117 Å². The van der Waals surface area contributed by atoms with Crippen LogP contribution in [0.2, 0.25) is 0 Å².